The SMILES string of the molecule is N=Nc1nc(-c2cccc(C(=O)Nc3ccc(OCCC4COC4)cc3)c2)ccc1N. The summed E-state index contributed by atoms with van der Waals surface area (Å²) < 4.78 is 10.9. The van der Waals surface area contributed by atoms with Crippen molar-refractivity contribution >= 4 is 23.1 Å². The monoisotopic (exact) mass is 417 g/mol. The second-order valence-corrected chi connectivity index (χ2v) is 7.32. The lowest BCUT2D eigenvalue weighted by atomic mass is 10.1. The molecule has 4 rings (SSSR count). The van der Waals surface area contributed by atoms with Crippen LogP contribution in [-0.4, -0.2) is 30.7 Å². The van der Waals surface area contributed by atoms with Crippen molar-refractivity contribution in [3.63, 3.8) is 0 Å². The summed E-state index contributed by atoms with van der Waals surface area (Å²) in [4.78, 5) is 17.0. The molecule has 2 aromatic carbocycles. The molecule has 0 radical (unpaired) electrons. The molecule has 158 valence electrons. The Kier molecular flexibility index (Phi) is 6.18. The fourth-order valence-electron chi connectivity index (χ4n) is 3.16. The number of nitrogens with two attached hydrogens (primary N) is 1. The quantitative estimate of drug-likeness (QED) is 0.460. The van der Waals surface area contributed by atoms with Crippen molar-refractivity contribution in [2.45, 2.75) is 6.42 Å². The summed E-state index contributed by atoms with van der Waals surface area (Å²) in [6, 6.07) is 17.8. The molecule has 8 nitrogen and oxygen atoms in total. The van der Waals surface area contributed by atoms with E-state index in [9.17, 15) is 4.79 Å². The highest BCUT2D eigenvalue weighted by atomic mass is 16.5. The van der Waals surface area contributed by atoms with Gasteiger partial charge in [0.15, 0.2) is 5.82 Å². The molecule has 1 fully saturated rings. The van der Waals surface area contributed by atoms with Crippen molar-refractivity contribution in [2.24, 2.45) is 11.0 Å². The summed E-state index contributed by atoms with van der Waals surface area (Å²) in [5.74, 6) is 1.29. The number of aromatic nitrogens is 1. The highest BCUT2D eigenvalue weighted by Crippen LogP contribution is 2.26. The zero-order valence-corrected chi connectivity index (χ0v) is 16.9. The van der Waals surface area contributed by atoms with Gasteiger partial charge in [0.1, 0.15) is 5.75 Å². The fourth-order valence-corrected chi connectivity index (χ4v) is 3.16. The van der Waals surface area contributed by atoms with Gasteiger partial charge in [-0.05, 0) is 55.0 Å². The molecule has 0 bridgehead atoms. The molecule has 3 aromatic rings. The molecule has 0 atom stereocenters. The minimum absolute atomic E-state index is 0.149. The van der Waals surface area contributed by atoms with Crippen molar-refractivity contribution in [1.82, 2.24) is 4.98 Å². The normalized spacial score (nSPS) is 13.3. The van der Waals surface area contributed by atoms with Crippen LogP contribution in [0.4, 0.5) is 17.2 Å². The van der Waals surface area contributed by atoms with Crippen molar-refractivity contribution in [1.29, 1.82) is 5.53 Å². The van der Waals surface area contributed by atoms with E-state index in [1.807, 2.05) is 30.3 Å². The largest absolute Gasteiger partial charge is 0.494 e. The van der Waals surface area contributed by atoms with Gasteiger partial charge in [-0.25, -0.2) is 10.5 Å². The highest BCUT2D eigenvalue weighted by molar-refractivity contribution is 6.04. The van der Waals surface area contributed by atoms with Crippen LogP contribution in [0.25, 0.3) is 11.3 Å². The molecule has 31 heavy (non-hydrogen) atoms. The Morgan fingerprint density at radius 1 is 1.19 bits per heavy atom. The molecule has 0 saturated carbocycles. The van der Waals surface area contributed by atoms with E-state index >= 15 is 0 Å². The number of nitrogens with one attached hydrogen (secondary N) is 2. The lowest BCUT2D eigenvalue weighted by molar-refractivity contribution is -0.0401. The van der Waals surface area contributed by atoms with Gasteiger partial charge in [-0.15, -0.1) is 5.11 Å². The first-order valence-corrected chi connectivity index (χ1v) is 9.99. The Morgan fingerprint density at radius 2 is 2.00 bits per heavy atom. The predicted octanol–water partition coefficient (Wildman–Crippen LogP) is 4.66. The Bertz CT molecular complexity index is 1080. The lowest BCUT2D eigenvalue weighted by Crippen LogP contribution is -2.28. The molecule has 4 N–H and O–H groups in total. The zero-order valence-electron chi connectivity index (χ0n) is 16.9. The number of anilines is 2. The molecule has 1 aliphatic rings. The first-order valence-electron chi connectivity index (χ1n) is 9.99. The zero-order chi connectivity index (χ0) is 21.6. The summed E-state index contributed by atoms with van der Waals surface area (Å²) in [7, 11) is 0. The van der Waals surface area contributed by atoms with Crippen LogP contribution in [-0.2, 0) is 4.74 Å². The molecule has 1 saturated heterocycles. The van der Waals surface area contributed by atoms with Gasteiger partial charge < -0.3 is 20.5 Å². The molecule has 0 aliphatic carbocycles. The highest BCUT2D eigenvalue weighted by Gasteiger charge is 2.17. The number of pyridine rings is 1. The van der Waals surface area contributed by atoms with E-state index in [0.717, 1.165) is 30.9 Å². The first kappa shape index (κ1) is 20.5. The van der Waals surface area contributed by atoms with Crippen LogP contribution in [0, 0.1) is 11.4 Å². The number of rotatable bonds is 8. The van der Waals surface area contributed by atoms with E-state index in [-0.39, 0.29) is 11.7 Å². The van der Waals surface area contributed by atoms with E-state index < -0.39 is 0 Å². The number of nitrogens with zero attached hydrogens (tertiary/aromatic N) is 2. The lowest BCUT2D eigenvalue weighted by Gasteiger charge is -2.25. The number of benzene rings is 2. The molecule has 2 heterocycles. The van der Waals surface area contributed by atoms with Crippen molar-refractivity contribution in [3.8, 4) is 17.0 Å². The van der Waals surface area contributed by atoms with Gasteiger partial charge >= 0.3 is 0 Å². The standard InChI is InChI=1S/C23H23N5O3/c24-20-8-9-21(27-22(20)28-25)16-2-1-3-17(12-16)23(29)26-18-4-6-19(7-5-18)31-11-10-15-13-30-14-15/h1-9,12,15,25H,10-11,13-14,24H2,(H,26,29). The number of hydrogen-bond acceptors (Lipinski definition) is 7. The molecule has 0 unspecified atom stereocenters. The van der Waals surface area contributed by atoms with Crippen molar-refractivity contribution < 1.29 is 14.3 Å². The summed E-state index contributed by atoms with van der Waals surface area (Å²) >= 11 is 0. The number of carbonyl (C=O) groups excluding carboxylic acids is 1. The second kappa shape index (κ2) is 9.36. The average molecular weight is 417 g/mol. The van der Waals surface area contributed by atoms with Crippen LogP contribution >= 0.6 is 0 Å². The number of nitrogen functional groups attached to an aromatic ring is 1. The van der Waals surface area contributed by atoms with Crippen molar-refractivity contribution in [3.05, 3.63) is 66.2 Å². The molecule has 1 aliphatic heterocycles. The molecule has 1 amide bonds. The molecule has 8 heteroatoms. The third-order valence-electron chi connectivity index (χ3n) is 5.05. The first-order chi connectivity index (χ1) is 15.1. The molecule has 1 aromatic heterocycles. The maximum absolute atomic E-state index is 12.7. The average Bonchev–Trinajstić information content (AvgIpc) is 2.77. The third kappa shape index (κ3) is 5.04. The van der Waals surface area contributed by atoms with E-state index in [1.54, 1.807) is 30.3 Å². The van der Waals surface area contributed by atoms with Gasteiger partial charge in [0, 0.05) is 22.7 Å². The minimum atomic E-state index is -0.235. The van der Waals surface area contributed by atoms with E-state index in [4.69, 9.17) is 20.7 Å². The maximum Gasteiger partial charge on any atom is 0.255 e. The number of amides is 1. The minimum Gasteiger partial charge on any atom is -0.494 e. The van der Waals surface area contributed by atoms with E-state index in [1.165, 1.54) is 0 Å². The summed E-state index contributed by atoms with van der Waals surface area (Å²) in [6.45, 7) is 2.30. The van der Waals surface area contributed by atoms with Gasteiger partial charge in [-0.1, -0.05) is 12.1 Å². The maximum atomic E-state index is 12.7. The van der Waals surface area contributed by atoms with Gasteiger partial charge in [-0.3, -0.25) is 4.79 Å². The topological polar surface area (TPSA) is 123 Å². The van der Waals surface area contributed by atoms with Crippen LogP contribution in [0.1, 0.15) is 16.8 Å². The predicted molar refractivity (Wildman–Crippen MR) is 118 cm³/mol. The Labute approximate surface area is 179 Å². The van der Waals surface area contributed by atoms with Crippen LogP contribution < -0.4 is 15.8 Å². The second-order valence-electron chi connectivity index (χ2n) is 7.32. The molecular weight excluding hydrogens is 394 g/mol. The summed E-state index contributed by atoms with van der Waals surface area (Å²) in [5.41, 5.74) is 15.7. The number of hydrogen-bond donors (Lipinski definition) is 3. The van der Waals surface area contributed by atoms with E-state index in [0.29, 0.717) is 35.2 Å². The van der Waals surface area contributed by atoms with Crippen LogP contribution in [0.15, 0.2) is 65.8 Å². The van der Waals surface area contributed by atoms with Gasteiger partial charge in [0.2, 0.25) is 0 Å². The van der Waals surface area contributed by atoms with Crippen LogP contribution in [0.5, 0.6) is 5.75 Å². The Morgan fingerprint density at radius 3 is 2.71 bits per heavy atom. The van der Waals surface area contributed by atoms with Gasteiger partial charge in [-0.2, -0.15) is 0 Å². The molecule has 0 spiro atoms. The van der Waals surface area contributed by atoms with Gasteiger partial charge in [0.05, 0.1) is 31.2 Å². The number of carbonyl (C=O) groups is 1. The Hall–Kier alpha value is -3.78. The third-order valence-corrected chi connectivity index (χ3v) is 5.05. The summed E-state index contributed by atoms with van der Waals surface area (Å²) in [5, 5.41) is 6.22. The van der Waals surface area contributed by atoms with Crippen LogP contribution in [0.2, 0.25) is 0 Å². The smallest absolute Gasteiger partial charge is 0.255 e. The fraction of sp³-hybridized carbons (Fsp3) is 0.217. The Balaban J connectivity index is 1.39. The van der Waals surface area contributed by atoms with Crippen molar-refractivity contribution in [2.75, 3.05) is 30.9 Å². The van der Waals surface area contributed by atoms with Gasteiger partial charge in [0.25, 0.3) is 5.91 Å². The number of ether oxygens (including phenoxy) is 2. The van der Waals surface area contributed by atoms with E-state index in [2.05, 4.69) is 15.4 Å². The summed E-state index contributed by atoms with van der Waals surface area (Å²) in [6.07, 6.45) is 0.981. The molecular formula is C23H23N5O3. The van der Waals surface area contributed by atoms with Crippen LogP contribution in [0.3, 0.4) is 0 Å².